The summed E-state index contributed by atoms with van der Waals surface area (Å²) in [6.07, 6.45) is 7.24. The van der Waals surface area contributed by atoms with Crippen LogP contribution < -0.4 is 14.8 Å². The molecule has 3 nitrogen and oxygen atoms in total. The molecule has 21 heavy (non-hydrogen) atoms. The SMILES string of the molecule is CC(C)NCCCCCCc1ccc2c(c1)OCCCO2. The molecule has 1 aromatic carbocycles. The van der Waals surface area contributed by atoms with Crippen LogP contribution >= 0.6 is 0 Å². The summed E-state index contributed by atoms with van der Waals surface area (Å²) in [5.74, 6) is 1.82. The molecule has 0 fully saturated rings. The van der Waals surface area contributed by atoms with E-state index in [1.54, 1.807) is 0 Å². The average Bonchev–Trinajstić information content (AvgIpc) is 2.70. The van der Waals surface area contributed by atoms with E-state index in [9.17, 15) is 0 Å². The fourth-order valence-corrected chi connectivity index (χ4v) is 2.56. The van der Waals surface area contributed by atoms with Gasteiger partial charge in [0.15, 0.2) is 11.5 Å². The number of rotatable bonds is 8. The van der Waals surface area contributed by atoms with E-state index in [0.717, 1.165) is 44.1 Å². The fraction of sp³-hybridized carbons (Fsp3) is 0.667. The second kappa shape index (κ2) is 8.93. The Morgan fingerprint density at radius 3 is 2.57 bits per heavy atom. The minimum Gasteiger partial charge on any atom is -0.490 e. The Kier molecular flexibility index (Phi) is 6.87. The van der Waals surface area contributed by atoms with E-state index in [-0.39, 0.29) is 0 Å². The summed E-state index contributed by atoms with van der Waals surface area (Å²) in [6, 6.07) is 6.99. The van der Waals surface area contributed by atoms with Gasteiger partial charge in [-0.25, -0.2) is 0 Å². The number of ether oxygens (including phenoxy) is 2. The number of fused-ring (bicyclic) bond motifs is 1. The maximum atomic E-state index is 5.74. The molecule has 118 valence electrons. The lowest BCUT2D eigenvalue weighted by Gasteiger charge is -2.10. The normalized spacial score (nSPS) is 14.2. The zero-order valence-corrected chi connectivity index (χ0v) is 13.5. The van der Waals surface area contributed by atoms with E-state index in [1.165, 1.54) is 31.2 Å². The van der Waals surface area contributed by atoms with Crippen molar-refractivity contribution in [3.8, 4) is 11.5 Å². The Bertz CT molecular complexity index is 418. The topological polar surface area (TPSA) is 30.5 Å². The first-order valence-corrected chi connectivity index (χ1v) is 8.37. The van der Waals surface area contributed by atoms with E-state index in [4.69, 9.17) is 9.47 Å². The zero-order chi connectivity index (χ0) is 14.9. The molecule has 0 aliphatic carbocycles. The van der Waals surface area contributed by atoms with Crippen LogP contribution in [0, 0.1) is 0 Å². The van der Waals surface area contributed by atoms with Gasteiger partial charge in [0.05, 0.1) is 13.2 Å². The van der Waals surface area contributed by atoms with E-state index in [1.807, 2.05) is 0 Å². The van der Waals surface area contributed by atoms with Gasteiger partial charge in [-0.05, 0) is 43.5 Å². The lowest BCUT2D eigenvalue weighted by atomic mass is 10.1. The molecular weight excluding hydrogens is 262 g/mol. The van der Waals surface area contributed by atoms with Gasteiger partial charge in [-0.15, -0.1) is 0 Å². The molecule has 0 saturated carbocycles. The van der Waals surface area contributed by atoms with Crippen LogP contribution in [0.2, 0.25) is 0 Å². The summed E-state index contributed by atoms with van der Waals surface area (Å²) in [5.41, 5.74) is 1.36. The monoisotopic (exact) mass is 291 g/mol. The van der Waals surface area contributed by atoms with Crippen molar-refractivity contribution in [2.45, 2.75) is 58.4 Å². The predicted molar refractivity (Wildman–Crippen MR) is 87.4 cm³/mol. The average molecular weight is 291 g/mol. The first kappa shape index (κ1) is 16.2. The number of aryl methyl sites for hydroxylation is 1. The first-order chi connectivity index (χ1) is 10.3. The van der Waals surface area contributed by atoms with Crippen LogP contribution in [0.1, 0.15) is 51.5 Å². The third-order valence-corrected chi connectivity index (χ3v) is 3.76. The van der Waals surface area contributed by atoms with Crippen LogP contribution in [0.15, 0.2) is 18.2 Å². The summed E-state index contributed by atoms with van der Waals surface area (Å²) in [4.78, 5) is 0. The molecule has 2 rings (SSSR count). The van der Waals surface area contributed by atoms with Gasteiger partial charge in [-0.2, -0.15) is 0 Å². The zero-order valence-electron chi connectivity index (χ0n) is 13.5. The van der Waals surface area contributed by atoms with Crippen LogP contribution in [-0.4, -0.2) is 25.8 Å². The highest BCUT2D eigenvalue weighted by atomic mass is 16.5. The Morgan fingerprint density at radius 2 is 1.76 bits per heavy atom. The van der Waals surface area contributed by atoms with Gasteiger partial charge >= 0.3 is 0 Å². The van der Waals surface area contributed by atoms with Crippen molar-refractivity contribution in [2.24, 2.45) is 0 Å². The summed E-state index contributed by atoms with van der Waals surface area (Å²) in [5, 5.41) is 3.46. The van der Waals surface area contributed by atoms with Gasteiger partial charge < -0.3 is 14.8 Å². The molecule has 0 unspecified atom stereocenters. The van der Waals surface area contributed by atoms with Gasteiger partial charge in [0.1, 0.15) is 0 Å². The lowest BCUT2D eigenvalue weighted by molar-refractivity contribution is 0.297. The summed E-state index contributed by atoms with van der Waals surface area (Å²) < 4.78 is 11.4. The van der Waals surface area contributed by atoms with Crippen molar-refractivity contribution in [1.29, 1.82) is 0 Å². The third kappa shape index (κ3) is 5.96. The molecule has 0 bridgehead atoms. The van der Waals surface area contributed by atoms with Crippen molar-refractivity contribution in [1.82, 2.24) is 5.32 Å². The van der Waals surface area contributed by atoms with Crippen LogP contribution in [0.4, 0.5) is 0 Å². The third-order valence-electron chi connectivity index (χ3n) is 3.76. The fourth-order valence-electron chi connectivity index (χ4n) is 2.56. The molecule has 0 amide bonds. The van der Waals surface area contributed by atoms with E-state index < -0.39 is 0 Å². The molecule has 1 aliphatic rings. The van der Waals surface area contributed by atoms with Crippen molar-refractivity contribution in [3.05, 3.63) is 23.8 Å². The van der Waals surface area contributed by atoms with Gasteiger partial charge in [0.25, 0.3) is 0 Å². The Morgan fingerprint density at radius 1 is 1.00 bits per heavy atom. The van der Waals surface area contributed by atoms with E-state index in [0.29, 0.717) is 6.04 Å². The maximum absolute atomic E-state index is 5.74. The van der Waals surface area contributed by atoms with Crippen LogP contribution in [0.25, 0.3) is 0 Å². The van der Waals surface area contributed by atoms with Crippen molar-refractivity contribution < 1.29 is 9.47 Å². The summed E-state index contributed by atoms with van der Waals surface area (Å²) >= 11 is 0. The van der Waals surface area contributed by atoms with Gasteiger partial charge in [-0.1, -0.05) is 32.8 Å². The molecule has 1 N–H and O–H groups in total. The van der Waals surface area contributed by atoms with Gasteiger partial charge in [0.2, 0.25) is 0 Å². The molecule has 3 heteroatoms. The molecule has 1 aliphatic heterocycles. The molecule has 0 saturated heterocycles. The highest BCUT2D eigenvalue weighted by molar-refractivity contribution is 5.43. The molecule has 1 heterocycles. The smallest absolute Gasteiger partial charge is 0.161 e. The number of nitrogens with one attached hydrogen (secondary N) is 1. The van der Waals surface area contributed by atoms with Crippen LogP contribution in [-0.2, 0) is 6.42 Å². The number of hydrogen-bond acceptors (Lipinski definition) is 3. The molecule has 0 spiro atoms. The molecule has 0 atom stereocenters. The quantitative estimate of drug-likeness (QED) is 0.736. The molecule has 1 aromatic rings. The summed E-state index contributed by atoms with van der Waals surface area (Å²) in [7, 11) is 0. The van der Waals surface area contributed by atoms with Crippen molar-refractivity contribution in [3.63, 3.8) is 0 Å². The van der Waals surface area contributed by atoms with Crippen molar-refractivity contribution >= 4 is 0 Å². The van der Waals surface area contributed by atoms with Crippen molar-refractivity contribution in [2.75, 3.05) is 19.8 Å². The summed E-state index contributed by atoms with van der Waals surface area (Å²) in [6.45, 7) is 7.06. The number of benzene rings is 1. The van der Waals surface area contributed by atoms with Crippen LogP contribution in [0.3, 0.4) is 0 Å². The maximum Gasteiger partial charge on any atom is 0.161 e. The van der Waals surface area contributed by atoms with Gasteiger partial charge in [0, 0.05) is 12.5 Å². The lowest BCUT2D eigenvalue weighted by Crippen LogP contribution is -2.23. The van der Waals surface area contributed by atoms with E-state index >= 15 is 0 Å². The highest BCUT2D eigenvalue weighted by Crippen LogP contribution is 2.30. The molecule has 0 aromatic heterocycles. The highest BCUT2D eigenvalue weighted by Gasteiger charge is 2.10. The first-order valence-electron chi connectivity index (χ1n) is 8.37. The van der Waals surface area contributed by atoms with E-state index in [2.05, 4.69) is 37.4 Å². The number of hydrogen-bond donors (Lipinski definition) is 1. The second-order valence-corrected chi connectivity index (χ2v) is 6.10. The number of unbranched alkanes of at least 4 members (excludes halogenated alkanes) is 3. The van der Waals surface area contributed by atoms with Crippen LogP contribution in [0.5, 0.6) is 11.5 Å². The minimum absolute atomic E-state index is 0.604. The predicted octanol–water partition coefficient (Wildman–Crippen LogP) is 3.95. The van der Waals surface area contributed by atoms with Gasteiger partial charge in [-0.3, -0.25) is 0 Å². The Labute approximate surface area is 129 Å². The standard InChI is InChI=1S/C18H29NO2/c1-15(2)19-11-6-4-3-5-8-16-9-10-17-18(14-16)21-13-7-12-20-17/h9-10,14-15,19H,3-8,11-13H2,1-2H3. The Balaban J connectivity index is 1.66. The molecule has 0 radical (unpaired) electrons. The Hall–Kier alpha value is -1.22. The molecular formula is C18H29NO2. The minimum atomic E-state index is 0.604. The largest absolute Gasteiger partial charge is 0.490 e. The second-order valence-electron chi connectivity index (χ2n) is 6.10.